The maximum atomic E-state index is 13.3. The molecular formula is C29H28N2O4. The molecule has 1 amide bonds. The van der Waals surface area contributed by atoms with Gasteiger partial charge < -0.3 is 19.5 Å². The van der Waals surface area contributed by atoms with Crippen LogP contribution in [-0.2, 0) is 6.61 Å². The van der Waals surface area contributed by atoms with E-state index in [0.29, 0.717) is 30.3 Å². The molecule has 0 fully saturated rings. The number of aromatic nitrogens is 1. The molecule has 1 N–H and O–H groups in total. The summed E-state index contributed by atoms with van der Waals surface area (Å²) in [7, 11) is 1.63. The number of hydrogen-bond donors (Lipinski definition) is 1. The average molecular weight is 469 g/mol. The fourth-order valence-corrected chi connectivity index (χ4v) is 3.69. The van der Waals surface area contributed by atoms with Crippen molar-refractivity contribution in [1.29, 1.82) is 0 Å². The Morgan fingerprint density at radius 3 is 2.26 bits per heavy atom. The Morgan fingerprint density at radius 1 is 0.857 bits per heavy atom. The molecule has 4 aromatic rings. The Balaban J connectivity index is 1.56. The van der Waals surface area contributed by atoms with Gasteiger partial charge in [-0.15, -0.1) is 0 Å². The summed E-state index contributed by atoms with van der Waals surface area (Å²) in [4.78, 5) is 17.4. The van der Waals surface area contributed by atoms with Gasteiger partial charge in [0.1, 0.15) is 12.4 Å². The molecule has 1 atom stereocenters. The molecule has 6 nitrogen and oxygen atoms in total. The van der Waals surface area contributed by atoms with Crippen LogP contribution in [0.5, 0.6) is 17.2 Å². The van der Waals surface area contributed by atoms with Gasteiger partial charge in [-0.25, -0.2) is 0 Å². The summed E-state index contributed by atoms with van der Waals surface area (Å²) in [6, 6.07) is 26.3. The van der Waals surface area contributed by atoms with E-state index in [0.717, 1.165) is 22.4 Å². The molecule has 3 aromatic carbocycles. The van der Waals surface area contributed by atoms with Crippen molar-refractivity contribution >= 4 is 5.91 Å². The summed E-state index contributed by atoms with van der Waals surface area (Å²) in [5.41, 5.74) is 3.41. The van der Waals surface area contributed by atoms with Crippen molar-refractivity contribution in [3.8, 4) is 17.2 Å². The number of nitrogens with zero attached hydrogens (tertiary/aromatic N) is 1. The van der Waals surface area contributed by atoms with Gasteiger partial charge in [-0.05, 0) is 66.1 Å². The minimum Gasteiger partial charge on any atom is -0.497 e. The van der Waals surface area contributed by atoms with Gasteiger partial charge in [0.25, 0.3) is 5.91 Å². The van der Waals surface area contributed by atoms with Crippen LogP contribution in [-0.4, -0.2) is 24.6 Å². The molecule has 0 aliphatic carbocycles. The number of pyridine rings is 1. The average Bonchev–Trinajstić information content (AvgIpc) is 2.92. The van der Waals surface area contributed by atoms with E-state index < -0.39 is 0 Å². The lowest BCUT2D eigenvalue weighted by atomic mass is 9.98. The van der Waals surface area contributed by atoms with E-state index in [1.54, 1.807) is 37.7 Å². The zero-order chi connectivity index (χ0) is 24.5. The van der Waals surface area contributed by atoms with E-state index >= 15 is 0 Å². The smallest absolute Gasteiger partial charge is 0.252 e. The molecule has 0 radical (unpaired) electrons. The molecule has 0 aliphatic rings. The molecule has 4 rings (SSSR count). The zero-order valence-corrected chi connectivity index (χ0v) is 19.8. The summed E-state index contributed by atoms with van der Waals surface area (Å²) < 4.78 is 17.0. The normalized spacial score (nSPS) is 11.4. The standard InChI is InChI=1S/C29H28N2O4/c1-3-34-27-19-24(11-14-26(27)35-20-21-15-17-30-18-16-21)29(32)31-28(22-7-5-4-6-8-22)23-9-12-25(33-2)13-10-23/h4-19,28H,3,20H2,1-2H3,(H,31,32). The number of carbonyl (C=O) groups is 1. The van der Waals surface area contributed by atoms with Crippen molar-refractivity contribution in [3.63, 3.8) is 0 Å². The molecule has 0 aliphatic heterocycles. The van der Waals surface area contributed by atoms with Gasteiger partial charge in [0.05, 0.1) is 19.8 Å². The Morgan fingerprint density at radius 2 is 1.57 bits per heavy atom. The molecule has 178 valence electrons. The molecule has 0 saturated heterocycles. The minimum absolute atomic E-state index is 0.212. The Hall–Kier alpha value is -4.32. The van der Waals surface area contributed by atoms with E-state index in [2.05, 4.69) is 10.3 Å². The van der Waals surface area contributed by atoms with Crippen molar-refractivity contribution < 1.29 is 19.0 Å². The van der Waals surface area contributed by atoms with Crippen LogP contribution < -0.4 is 19.5 Å². The van der Waals surface area contributed by atoms with Gasteiger partial charge in [-0.1, -0.05) is 42.5 Å². The molecule has 1 heterocycles. The summed E-state index contributed by atoms with van der Waals surface area (Å²) >= 11 is 0. The second-order valence-corrected chi connectivity index (χ2v) is 7.83. The lowest BCUT2D eigenvalue weighted by molar-refractivity contribution is 0.0942. The first-order valence-electron chi connectivity index (χ1n) is 11.5. The third kappa shape index (κ3) is 6.18. The fraction of sp³-hybridized carbons (Fsp3) is 0.172. The van der Waals surface area contributed by atoms with Gasteiger partial charge in [0, 0.05) is 18.0 Å². The number of nitrogens with one attached hydrogen (secondary N) is 1. The highest BCUT2D eigenvalue weighted by Crippen LogP contribution is 2.30. The van der Waals surface area contributed by atoms with Crippen molar-refractivity contribution in [1.82, 2.24) is 10.3 Å². The first kappa shape index (κ1) is 23.8. The molecular weight excluding hydrogens is 440 g/mol. The molecule has 0 spiro atoms. The maximum Gasteiger partial charge on any atom is 0.252 e. The van der Waals surface area contributed by atoms with E-state index in [-0.39, 0.29) is 11.9 Å². The van der Waals surface area contributed by atoms with Crippen LogP contribution in [0, 0.1) is 0 Å². The zero-order valence-electron chi connectivity index (χ0n) is 19.8. The molecule has 35 heavy (non-hydrogen) atoms. The van der Waals surface area contributed by atoms with Gasteiger partial charge in [-0.3, -0.25) is 9.78 Å². The van der Waals surface area contributed by atoms with E-state index in [1.807, 2.05) is 73.7 Å². The lowest BCUT2D eigenvalue weighted by Crippen LogP contribution is -2.29. The predicted octanol–water partition coefficient (Wildman–Crippen LogP) is 5.59. The maximum absolute atomic E-state index is 13.3. The van der Waals surface area contributed by atoms with Crippen LogP contribution in [0.1, 0.15) is 40.0 Å². The highest BCUT2D eigenvalue weighted by molar-refractivity contribution is 5.95. The minimum atomic E-state index is -0.326. The van der Waals surface area contributed by atoms with E-state index in [1.165, 1.54) is 0 Å². The highest BCUT2D eigenvalue weighted by atomic mass is 16.5. The molecule has 1 aromatic heterocycles. The first-order chi connectivity index (χ1) is 17.2. The molecule has 0 bridgehead atoms. The summed E-state index contributed by atoms with van der Waals surface area (Å²) in [6.45, 7) is 2.73. The van der Waals surface area contributed by atoms with Crippen LogP contribution in [0.25, 0.3) is 0 Å². The number of amides is 1. The summed E-state index contributed by atoms with van der Waals surface area (Å²) in [5.74, 6) is 1.65. The number of ether oxygens (including phenoxy) is 3. The van der Waals surface area contributed by atoms with Crippen molar-refractivity contribution in [3.05, 3.63) is 120 Å². The van der Waals surface area contributed by atoms with Crippen LogP contribution >= 0.6 is 0 Å². The largest absolute Gasteiger partial charge is 0.497 e. The number of rotatable bonds is 10. The topological polar surface area (TPSA) is 69.7 Å². The Labute approximate surface area is 205 Å². The van der Waals surface area contributed by atoms with Crippen LogP contribution in [0.15, 0.2) is 97.3 Å². The van der Waals surface area contributed by atoms with Crippen LogP contribution in [0.2, 0.25) is 0 Å². The van der Waals surface area contributed by atoms with Crippen LogP contribution in [0.4, 0.5) is 0 Å². The summed E-state index contributed by atoms with van der Waals surface area (Å²) in [6.07, 6.45) is 3.45. The third-order valence-electron chi connectivity index (χ3n) is 5.51. The van der Waals surface area contributed by atoms with E-state index in [9.17, 15) is 4.79 Å². The van der Waals surface area contributed by atoms with Crippen molar-refractivity contribution in [2.45, 2.75) is 19.6 Å². The second kappa shape index (κ2) is 11.7. The van der Waals surface area contributed by atoms with E-state index in [4.69, 9.17) is 14.2 Å². The number of carbonyl (C=O) groups excluding carboxylic acids is 1. The Bertz CT molecular complexity index is 1230. The monoisotopic (exact) mass is 468 g/mol. The van der Waals surface area contributed by atoms with Gasteiger partial charge in [-0.2, -0.15) is 0 Å². The summed E-state index contributed by atoms with van der Waals surface area (Å²) in [5, 5.41) is 3.17. The van der Waals surface area contributed by atoms with Gasteiger partial charge in [0.2, 0.25) is 0 Å². The third-order valence-corrected chi connectivity index (χ3v) is 5.51. The fourth-order valence-electron chi connectivity index (χ4n) is 3.69. The predicted molar refractivity (Wildman–Crippen MR) is 135 cm³/mol. The SMILES string of the molecule is CCOc1cc(C(=O)NC(c2ccccc2)c2ccc(OC)cc2)ccc1OCc1ccncc1. The molecule has 6 heteroatoms. The quantitative estimate of drug-likeness (QED) is 0.329. The number of benzene rings is 3. The lowest BCUT2D eigenvalue weighted by Gasteiger charge is -2.21. The van der Waals surface area contributed by atoms with Crippen LogP contribution in [0.3, 0.4) is 0 Å². The van der Waals surface area contributed by atoms with Crippen molar-refractivity contribution in [2.24, 2.45) is 0 Å². The van der Waals surface area contributed by atoms with Gasteiger partial charge in [0.15, 0.2) is 11.5 Å². The molecule has 0 saturated carbocycles. The Kier molecular flexibility index (Phi) is 7.96. The number of methoxy groups -OCH3 is 1. The van der Waals surface area contributed by atoms with Crippen molar-refractivity contribution in [2.75, 3.05) is 13.7 Å². The van der Waals surface area contributed by atoms with Gasteiger partial charge >= 0.3 is 0 Å². The second-order valence-electron chi connectivity index (χ2n) is 7.83. The highest BCUT2D eigenvalue weighted by Gasteiger charge is 2.19. The number of hydrogen-bond acceptors (Lipinski definition) is 5. The molecule has 1 unspecified atom stereocenters. The first-order valence-corrected chi connectivity index (χ1v) is 11.5.